The maximum absolute atomic E-state index is 2.38. The van der Waals surface area contributed by atoms with Crippen LogP contribution in [0.15, 0.2) is 18.2 Å². The molecule has 0 aliphatic rings. The molecule has 0 heterocycles. The molecule has 1 radical (unpaired) electrons. The Morgan fingerprint density at radius 1 is 1.14 bits per heavy atom. The van der Waals surface area contributed by atoms with Gasteiger partial charge in [0, 0.05) is 0 Å². The Morgan fingerprint density at radius 3 is 2.36 bits per heavy atom. The largest absolute Gasteiger partial charge is 0.0795 e. The second kappa shape index (κ2) is 5.35. The number of rotatable bonds is 4. The zero-order valence-electron chi connectivity index (χ0n) is 9.85. The van der Waals surface area contributed by atoms with E-state index in [2.05, 4.69) is 45.1 Å². The van der Waals surface area contributed by atoms with Crippen molar-refractivity contribution >= 4 is 14.0 Å². The summed E-state index contributed by atoms with van der Waals surface area (Å²) in [6.45, 7) is 9.31. The van der Waals surface area contributed by atoms with Crippen LogP contribution in [0.4, 0.5) is 0 Å². The molecule has 1 rings (SSSR count). The normalized spacial score (nSPS) is 10.9. The fraction of sp³-hybridized carbons (Fsp3) is 0.538. The van der Waals surface area contributed by atoms with Crippen molar-refractivity contribution in [2.75, 3.05) is 0 Å². The summed E-state index contributed by atoms with van der Waals surface area (Å²) in [6.07, 6.45) is 3.69. The van der Waals surface area contributed by atoms with E-state index in [-0.39, 0.29) is 8.80 Å². The van der Waals surface area contributed by atoms with Crippen molar-refractivity contribution in [3.63, 3.8) is 0 Å². The molecule has 0 aromatic heterocycles. The summed E-state index contributed by atoms with van der Waals surface area (Å²) in [6, 6.07) is 6.86. The van der Waals surface area contributed by atoms with Gasteiger partial charge in [0.15, 0.2) is 0 Å². The summed E-state index contributed by atoms with van der Waals surface area (Å²) in [4.78, 5) is 0. The van der Waals surface area contributed by atoms with Gasteiger partial charge in [-0.15, -0.1) is 0 Å². The molecule has 0 unspecified atom stereocenters. The molecular formula is C13H21Si. The molecule has 0 saturated heterocycles. The van der Waals surface area contributed by atoms with Crippen LogP contribution < -0.4 is 5.19 Å². The maximum Gasteiger partial charge on any atom is 0.0795 e. The number of benzene rings is 1. The van der Waals surface area contributed by atoms with E-state index in [0.717, 1.165) is 0 Å². The van der Waals surface area contributed by atoms with Gasteiger partial charge in [0.05, 0.1) is 8.80 Å². The van der Waals surface area contributed by atoms with Gasteiger partial charge in [-0.25, -0.2) is 0 Å². The van der Waals surface area contributed by atoms with Gasteiger partial charge in [0.25, 0.3) is 0 Å². The second-order valence-corrected chi connectivity index (χ2v) is 6.59. The summed E-state index contributed by atoms with van der Waals surface area (Å²) in [7, 11) is -0.294. The van der Waals surface area contributed by atoms with Crippen LogP contribution in [0.5, 0.6) is 0 Å². The third-order valence-corrected chi connectivity index (χ3v) is 4.23. The first-order valence-corrected chi connectivity index (χ1v) is 8.12. The number of hydrogen-bond acceptors (Lipinski definition) is 0. The van der Waals surface area contributed by atoms with E-state index in [9.17, 15) is 0 Å². The van der Waals surface area contributed by atoms with E-state index in [0.29, 0.717) is 0 Å². The number of hydrogen-bond donors (Lipinski definition) is 0. The molecular weight excluding hydrogens is 184 g/mol. The van der Waals surface area contributed by atoms with Gasteiger partial charge < -0.3 is 0 Å². The minimum absolute atomic E-state index is 0.294. The molecule has 0 saturated carbocycles. The smallest absolute Gasteiger partial charge is 0.0671 e. The monoisotopic (exact) mass is 205 g/mol. The summed E-state index contributed by atoms with van der Waals surface area (Å²) >= 11 is 0. The lowest BCUT2D eigenvalue weighted by atomic mass is 10.0. The first kappa shape index (κ1) is 11.5. The van der Waals surface area contributed by atoms with Crippen molar-refractivity contribution in [3.8, 4) is 0 Å². The molecule has 0 bridgehead atoms. The molecule has 0 amide bonds. The predicted octanol–water partition coefficient (Wildman–Crippen LogP) is 3.16. The SMILES string of the molecule is CCCc1cccc([Si](C)C)c1CC. The van der Waals surface area contributed by atoms with Crippen LogP contribution in [0, 0.1) is 0 Å². The molecule has 0 aliphatic heterocycles. The van der Waals surface area contributed by atoms with Gasteiger partial charge in [-0.1, -0.05) is 56.7 Å². The minimum atomic E-state index is -0.294. The van der Waals surface area contributed by atoms with Gasteiger partial charge in [0.1, 0.15) is 0 Å². The van der Waals surface area contributed by atoms with Crippen molar-refractivity contribution < 1.29 is 0 Å². The fourth-order valence-electron chi connectivity index (χ4n) is 2.02. The molecule has 0 nitrogen and oxygen atoms in total. The summed E-state index contributed by atoms with van der Waals surface area (Å²) < 4.78 is 0. The molecule has 0 spiro atoms. The molecule has 0 aliphatic carbocycles. The molecule has 1 heteroatoms. The van der Waals surface area contributed by atoms with Gasteiger partial charge in [-0.05, 0) is 24.0 Å². The Kier molecular flexibility index (Phi) is 4.40. The zero-order chi connectivity index (χ0) is 10.6. The van der Waals surface area contributed by atoms with Crippen molar-refractivity contribution in [2.45, 2.75) is 46.2 Å². The van der Waals surface area contributed by atoms with E-state index in [1.54, 1.807) is 16.3 Å². The Balaban J connectivity index is 3.11. The van der Waals surface area contributed by atoms with E-state index in [1.807, 2.05) is 0 Å². The Morgan fingerprint density at radius 2 is 1.86 bits per heavy atom. The van der Waals surface area contributed by atoms with E-state index in [4.69, 9.17) is 0 Å². The van der Waals surface area contributed by atoms with Crippen LogP contribution >= 0.6 is 0 Å². The summed E-state index contributed by atoms with van der Waals surface area (Å²) in [5, 5.41) is 1.64. The minimum Gasteiger partial charge on any atom is -0.0671 e. The van der Waals surface area contributed by atoms with E-state index >= 15 is 0 Å². The van der Waals surface area contributed by atoms with Crippen molar-refractivity contribution in [1.82, 2.24) is 0 Å². The Hall–Kier alpha value is -0.563. The lowest BCUT2D eigenvalue weighted by molar-refractivity contribution is 0.902. The fourth-order valence-corrected chi connectivity index (χ4v) is 3.39. The Bertz CT molecular complexity index is 289. The zero-order valence-corrected chi connectivity index (χ0v) is 10.9. The molecule has 0 fully saturated rings. The van der Waals surface area contributed by atoms with Gasteiger partial charge in [0.2, 0.25) is 0 Å². The van der Waals surface area contributed by atoms with Crippen LogP contribution in [-0.2, 0) is 12.8 Å². The third kappa shape index (κ3) is 2.47. The highest BCUT2D eigenvalue weighted by molar-refractivity contribution is 6.71. The quantitative estimate of drug-likeness (QED) is 0.662. The summed E-state index contributed by atoms with van der Waals surface area (Å²) in [5.74, 6) is 0. The maximum atomic E-state index is 2.38. The van der Waals surface area contributed by atoms with Crippen LogP contribution in [0.2, 0.25) is 13.1 Å². The van der Waals surface area contributed by atoms with Crippen molar-refractivity contribution in [1.29, 1.82) is 0 Å². The molecule has 1 aromatic rings. The van der Waals surface area contributed by atoms with Crippen LogP contribution in [0.25, 0.3) is 0 Å². The van der Waals surface area contributed by atoms with Crippen LogP contribution in [-0.4, -0.2) is 8.80 Å². The summed E-state index contributed by atoms with van der Waals surface area (Å²) in [5.41, 5.74) is 3.21. The van der Waals surface area contributed by atoms with Crippen molar-refractivity contribution in [3.05, 3.63) is 29.3 Å². The first-order valence-electron chi connectivity index (χ1n) is 5.62. The highest BCUT2D eigenvalue weighted by Gasteiger charge is 2.09. The lowest BCUT2D eigenvalue weighted by Gasteiger charge is -2.14. The molecule has 14 heavy (non-hydrogen) atoms. The average molecular weight is 205 g/mol. The van der Waals surface area contributed by atoms with Gasteiger partial charge in [-0.2, -0.15) is 0 Å². The molecule has 77 valence electrons. The van der Waals surface area contributed by atoms with Gasteiger partial charge in [-0.3, -0.25) is 0 Å². The van der Waals surface area contributed by atoms with Crippen molar-refractivity contribution in [2.24, 2.45) is 0 Å². The number of aryl methyl sites for hydroxylation is 1. The van der Waals surface area contributed by atoms with E-state index in [1.165, 1.54) is 19.3 Å². The molecule has 1 aromatic carbocycles. The molecule has 0 atom stereocenters. The lowest BCUT2D eigenvalue weighted by Crippen LogP contribution is -2.27. The van der Waals surface area contributed by atoms with Gasteiger partial charge >= 0.3 is 0 Å². The average Bonchev–Trinajstić information content (AvgIpc) is 2.18. The highest BCUT2D eigenvalue weighted by Crippen LogP contribution is 2.11. The third-order valence-electron chi connectivity index (χ3n) is 2.68. The van der Waals surface area contributed by atoms with E-state index < -0.39 is 0 Å². The predicted molar refractivity (Wildman–Crippen MR) is 66.9 cm³/mol. The first-order chi connectivity index (χ1) is 6.70. The Labute approximate surface area is 90.0 Å². The standard InChI is InChI=1S/C13H21Si/c1-5-8-11-9-7-10-13(14(3)4)12(11)6-2/h7,9-10H,5-6,8H2,1-4H3. The highest BCUT2D eigenvalue weighted by atomic mass is 28.3. The second-order valence-electron chi connectivity index (χ2n) is 4.05. The topological polar surface area (TPSA) is 0 Å². The van der Waals surface area contributed by atoms with Crippen LogP contribution in [0.3, 0.4) is 0 Å². The molecule has 0 N–H and O–H groups in total. The van der Waals surface area contributed by atoms with Crippen LogP contribution in [0.1, 0.15) is 31.4 Å².